The Labute approximate surface area is 191 Å². The fourth-order valence-electron chi connectivity index (χ4n) is 5.27. The van der Waals surface area contributed by atoms with Gasteiger partial charge in [0, 0.05) is 30.7 Å². The van der Waals surface area contributed by atoms with Crippen LogP contribution in [0.4, 0.5) is 10.2 Å². The number of phenols is 1. The molecular formula is C23H27FN8O. The van der Waals surface area contributed by atoms with Crippen molar-refractivity contribution in [2.75, 3.05) is 4.90 Å². The SMILES string of the molecule is Cn1cnc(-c2ccc(-c3ncc(N(C4CC4)[C@H]4C[C@@H]5CCC[C@@H](N5)[C@H]4F)nn3)c(O)c2)n1. The Morgan fingerprint density at radius 1 is 1.12 bits per heavy atom. The summed E-state index contributed by atoms with van der Waals surface area (Å²) in [6.07, 6.45) is 8.28. The highest BCUT2D eigenvalue weighted by Crippen LogP contribution is 2.39. The molecule has 2 bridgehead atoms. The van der Waals surface area contributed by atoms with Gasteiger partial charge >= 0.3 is 0 Å². The molecule has 1 saturated carbocycles. The van der Waals surface area contributed by atoms with Crippen LogP contribution in [0.3, 0.4) is 0 Å². The van der Waals surface area contributed by atoms with Crippen molar-refractivity contribution < 1.29 is 9.50 Å². The van der Waals surface area contributed by atoms with Crippen LogP contribution in [0, 0.1) is 0 Å². The highest BCUT2D eigenvalue weighted by Gasteiger charge is 2.46. The number of fused-ring (bicyclic) bond motifs is 2. The average Bonchev–Trinajstić information content (AvgIpc) is 3.57. The molecule has 2 N–H and O–H groups in total. The highest BCUT2D eigenvalue weighted by molar-refractivity contribution is 5.70. The van der Waals surface area contributed by atoms with Crippen molar-refractivity contribution in [3.8, 4) is 28.5 Å². The van der Waals surface area contributed by atoms with Crippen molar-refractivity contribution in [2.24, 2.45) is 7.05 Å². The predicted octanol–water partition coefficient (Wildman–Crippen LogP) is 2.63. The molecule has 0 amide bonds. The van der Waals surface area contributed by atoms with Crippen LogP contribution >= 0.6 is 0 Å². The third kappa shape index (κ3) is 3.82. The van der Waals surface area contributed by atoms with Crippen LogP contribution in [-0.4, -0.2) is 65.4 Å². The Hall–Kier alpha value is -3.14. The number of piperidine rings is 2. The number of nitrogens with one attached hydrogen (secondary N) is 1. The molecule has 172 valence electrons. The number of alkyl halides is 1. The van der Waals surface area contributed by atoms with Gasteiger partial charge in [-0.3, -0.25) is 4.68 Å². The first-order valence-electron chi connectivity index (χ1n) is 11.6. The van der Waals surface area contributed by atoms with Gasteiger partial charge in [-0.05, 0) is 44.2 Å². The number of rotatable bonds is 5. The maximum Gasteiger partial charge on any atom is 0.185 e. The summed E-state index contributed by atoms with van der Waals surface area (Å²) in [5.41, 5.74) is 1.18. The molecule has 3 aromatic rings. The molecule has 3 fully saturated rings. The quantitative estimate of drug-likeness (QED) is 0.611. The number of aryl methyl sites for hydroxylation is 1. The Bertz CT molecular complexity index is 1150. The molecule has 1 aromatic carbocycles. The topological polar surface area (TPSA) is 105 Å². The lowest BCUT2D eigenvalue weighted by Crippen LogP contribution is -2.62. The number of benzene rings is 1. The summed E-state index contributed by atoms with van der Waals surface area (Å²) in [7, 11) is 1.79. The van der Waals surface area contributed by atoms with E-state index in [1.165, 1.54) is 0 Å². The summed E-state index contributed by atoms with van der Waals surface area (Å²) in [6, 6.07) is 5.54. The Kier molecular flexibility index (Phi) is 4.97. The molecule has 0 unspecified atom stereocenters. The molecule has 10 heteroatoms. The van der Waals surface area contributed by atoms with Gasteiger partial charge in [-0.1, -0.05) is 12.5 Å². The van der Waals surface area contributed by atoms with Gasteiger partial charge in [-0.15, -0.1) is 10.2 Å². The van der Waals surface area contributed by atoms with E-state index >= 15 is 4.39 Å². The third-order valence-corrected chi connectivity index (χ3v) is 7.00. The van der Waals surface area contributed by atoms with Crippen molar-refractivity contribution in [1.82, 2.24) is 35.3 Å². The number of hydrogen-bond acceptors (Lipinski definition) is 8. The number of aromatic hydroxyl groups is 1. The summed E-state index contributed by atoms with van der Waals surface area (Å²) >= 11 is 0. The molecule has 0 radical (unpaired) electrons. The zero-order valence-corrected chi connectivity index (χ0v) is 18.5. The number of hydrogen-bond donors (Lipinski definition) is 2. The van der Waals surface area contributed by atoms with Crippen molar-refractivity contribution in [1.29, 1.82) is 0 Å². The van der Waals surface area contributed by atoms with Crippen LogP contribution in [0.25, 0.3) is 22.8 Å². The standard InChI is InChI=1S/C23H27FN8O/c1-31-12-26-22(30-31)13-5-8-16(19(33)9-13)23-25-11-20(28-29-23)32(15-6-7-15)18-10-14-3-2-4-17(27-14)21(18)24/h5,8-9,11-12,14-15,17-18,21,27,33H,2-4,6-7,10H2,1H3/t14-,17+,18-,21+/m0/s1. The smallest absolute Gasteiger partial charge is 0.185 e. The molecule has 2 aliphatic heterocycles. The second-order valence-electron chi connectivity index (χ2n) is 9.40. The van der Waals surface area contributed by atoms with Crippen molar-refractivity contribution >= 4 is 5.82 Å². The van der Waals surface area contributed by atoms with Crippen LogP contribution in [0.15, 0.2) is 30.7 Å². The Morgan fingerprint density at radius 2 is 2.00 bits per heavy atom. The number of phenolic OH excluding ortho intramolecular Hbond substituents is 1. The normalized spacial score (nSPS) is 26.8. The molecule has 2 aromatic heterocycles. The van der Waals surface area contributed by atoms with E-state index < -0.39 is 6.17 Å². The molecule has 33 heavy (non-hydrogen) atoms. The van der Waals surface area contributed by atoms with E-state index in [9.17, 15) is 5.11 Å². The van der Waals surface area contributed by atoms with Crippen molar-refractivity contribution in [3.63, 3.8) is 0 Å². The molecule has 4 atom stereocenters. The molecule has 9 nitrogen and oxygen atoms in total. The van der Waals surface area contributed by atoms with Crippen LogP contribution in [-0.2, 0) is 7.05 Å². The largest absolute Gasteiger partial charge is 0.507 e. The molecule has 6 rings (SSSR count). The van der Waals surface area contributed by atoms with E-state index in [4.69, 9.17) is 0 Å². The summed E-state index contributed by atoms with van der Waals surface area (Å²) < 4.78 is 17.0. The second-order valence-corrected chi connectivity index (χ2v) is 9.40. The number of halogens is 1. The first-order valence-corrected chi connectivity index (χ1v) is 11.6. The maximum absolute atomic E-state index is 15.4. The van der Waals surface area contributed by atoms with E-state index in [2.05, 4.69) is 35.5 Å². The van der Waals surface area contributed by atoms with Crippen LogP contribution in [0.1, 0.15) is 38.5 Å². The van der Waals surface area contributed by atoms with Gasteiger partial charge < -0.3 is 15.3 Å². The van der Waals surface area contributed by atoms with Crippen LogP contribution < -0.4 is 10.2 Å². The molecule has 2 saturated heterocycles. The highest BCUT2D eigenvalue weighted by atomic mass is 19.1. The van der Waals surface area contributed by atoms with Gasteiger partial charge in [0.25, 0.3) is 0 Å². The molecule has 0 spiro atoms. The van der Waals surface area contributed by atoms with Crippen molar-refractivity contribution in [3.05, 3.63) is 30.7 Å². The summed E-state index contributed by atoms with van der Waals surface area (Å²) in [5.74, 6) is 1.50. The third-order valence-electron chi connectivity index (χ3n) is 7.00. The number of nitrogens with zero attached hydrogens (tertiary/aromatic N) is 7. The lowest BCUT2D eigenvalue weighted by molar-refractivity contribution is 0.104. The predicted molar refractivity (Wildman–Crippen MR) is 120 cm³/mol. The summed E-state index contributed by atoms with van der Waals surface area (Å²) in [5, 5.41) is 27.0. The van der Waals surface area contributed by atoms with Gasteiger partial charge in [0.1, 0.15) is 18.2 Å². The van der Waals surface area contributed by atoms with E-state index in [-0.39, 0.29) is 17.8 Å². The van der Waals surface area contributed by atoms with Crippen molar-refractivity contribution in [2.45, 2.75) is 68.9 Å². The van der Waals surface area contributed by atoms with Gasteiger partial charge in [0.2, 0.25) is 0 Å². The minimum absolute atomic E-state index is 0.0311. The summed E-state index contributed by atoms with van der Waals surface area (Å²) in [4.78, 5) is 10.8. The van der Waals surface area contributed by atoms with E-state index in [1.807, 2.05) is 6.07 Å². The summed E-state index contributed by atoms with van der Waals surface area (Å²) in [6.45, 7) is 0. The fourth-order valence-corrected chi connectivity index (χ4v) is 5.27. The van der Waals surface area contributed by atoms with E-state index in [0.717, 1.165) is 38.5 Å². The Balaban J connectivity index is 1.26. The first-order chi connectivity index (χ1) is 16.1. The maximum atomic E-state index is 15.4. The van der Waals surface area contributed by atoms with Gasteiger partial charge in [-0.2, -0.15) is 5.10 Å². The van der Waals surface area contributed by atoms with Crippen LogP contribution in [0.2, 0.25) is 0 Å². The zero-order chi connectivity index (χ0) is 22.5. The number of anilines is 1. The van der Waals surface area contributed by atoms with Crippen LogP contribution in [0.5, 0.6) is 5.75 Å². The average molecular weight is 451 g/mol. The minimum atomic E-state index is -0.930. The van der Waals surface area contributed by atoms with E-state index in [1.54, 1.807) is 36.4 Å². The first kappa shape index (κ1) is 20.5. The van der Waals surface area contributed by atoms with E-state index in [0.29, 0.717) is 40.7 Å². The minimum Gasteiger partial charge on any atom is -0.507 e. The molecule has 4 heterocycles. The molecular weight excluding hydrogens is 423 g/mol. The lowest BCUT2D eigenvalue weighted by Gasteiger charge is -2.47. The molecule has 1 aliphatic carbocycles. The fraction of sp³-hybridized carbons (Fsp3) is 0.522. The lowest BCUT2D eigenvalue weighted by atomic mass is 9.82. The second kappa shape index (κ2) is 8.02. The van der Waals surface area contributed by atoms with Gasteiger partial charge in [0.15, 0.2) is 17.5 Å². The monoisotopic (exact) mass is 450 g/mol. The number of aromatic nitrogens is 6. The zero-order valence-electron chi connectivity index (χ0n) is 18.5. The van der Waals surface area contributed by atoms with Gasteiger partial charge in [0.05, 0.1) is 17.8 Å². The Morgan fingerprint density at radius 3 is 2.70 bits per heavy atom. The molecule has 3 aliphatic rings. The van der Waals surface area contributed by atoms with Gasteiger partial charge in [-0.25, -0.2) is 14.4 Å².